The summed E-state index contributed by atoms with van der Waals surface area (Å²) in [6.45, 7) is 4.74. The molecule has 4 aromatic rings. The second-order valence-corrected chi connectivity index (χ2v) is 10.5. The van der Waals surface area contributed by atoms with Crippen LogP contribution < -0.4 is 14.4 Å². The maximum absolute atomic E-state index is 13.5. The SMILES string of the molecule is CCCCCOc1ccc(/C(O)=C2\C(=O)C(=O)N(c3nc4ccc(C)cc4s3)C2c2cccc(OC)c2)cc1. The average Bonchev–Trinajstić information content (AvgIpc) is 3.48. The molecule has 0 bridgehead atoms. The molecule has 7 nitrogen and oxygen atoms in total. The summed E-state index contributed by atoms with van der Waals surface area (Å²) in [6, 6.07) is 19.0. The van der Waals surface area contributed by atoms with E-state index in [4.69, 9.17) is 9.47 Å². The Bertz CT molecular complexity index is 1560. The van der Waals surface area contributed by atoms with Crippen LogP contribution in [0.15, 0.2) is 72.3 Å². The molecule has 3 aromatic carbocycles. The van der Waals surface area contributed by atoms with Crippen LogP contribution in [0, 0.1) is 6.92 Å². The number of aliphatic hydroxyl groups excluding tert-OH is 1. The number of nitrogens with zero attached hydrogens (tertiary/aromatic N) is 2. The van der Waals surface area contributed by atoms with Crippen LogP contribution in [0.5, 0.6) is 11.5 Å². The molecule has 1 unspecified atom stereocenters. The number of carbonyl (C=O) groups is 2. The Kier molecular flexibility index (Phi) is 7.65. The highest BCUT2D eigenvalue weighted by Gasteiger charge is 2.48. The predicted molar refractivity (Wildman–Crippen MR) is 154 cm³/mol. The van der Waals surface area contributed by atoms with Gasteiger partial charge in [0.25, 0.3) is 5.78 Å². The third kappa shape index (κ3) is 5.25. The fourth-order valence-electron chi connectivity index (χ4n) is 4.69. The van der Waals surface area contributed by atoms with Gasteiger partial charge in [0.05, 0.1) is 35.5 Å². The molecule has 0 radical (unpaired) electrons. The quantitative estimate of drug-likeness (QED) is 0.108. The largest absolute Gasteiger partial charge is 0.507 e. The molecule has 1 saturated heterocycles. The number of hydrogen-bond donors (Lipinski definition) is 1. The lowest BCUT2D eigenvalue weighted by Gasteiger charge is -2.23. The first-order chi connectivity index (χ1) is 18.9. The minimum Gasteiger partial charge on any atom is -0.507 e. The van der Waals surface area contributed by atoms with Gasteiger partial charge in [-0.05, 0) is 73.0 Å². The maximum atomic E-state index is 13.5. The first kappa shape index (κ1) is 26.4. The van der Waals surface area contributed by atoms with Crippen molar-refractivity contribution in [3.8, 4) is 11.5 Å². The second-order valence-electron chi connectivity index (χ2n) is 9.49. The lowest BCUT2D eigenvalue weighted by molar-refractivity contribution is -0.132. The predicted octanol–water partition coefficient (Wildman–Crippen LogP) is 6.81. The zero-order valence-corrected chi connectivity index (χ0v) is 23.0. The van der Waals surface area contributed by atoms with E-state index in [1.165, 1.54) is 16.2 Å². The molecule has 1 amide bonds. The molecule has 39 heavy (non-hydrogen) atoms. The molecule has 200 valence electrons. The summed E-state index contributed by atoms with van der Waals surface area (Å²) < 4.78 is 12.1. The fraction of sp³-hybridized carbons (Fsp3) is 0.258. The Labute approximate surface area is 231 Å². The molecule has 5 rings (SSSR count). The Morgan fingerprint density at radius 3 is 2.56 bits per heavy atom. The summed E-state index contributed by atoms with van der Waals surface area (Å²) in [7, 11) is 1.55. The monoisotopic (exact) mass is 542 g/mol. The summed E-state index contributed by atoms with van der Waals surface area (Å²) >= 11 is 1.34. The number of amides is 1. The number of aryl methyl sites for hydroxylation is 1. The normalized spacial score (nSPS) is 16.7. The van der Waals surface area contributed by atoms with Crippen molar-refractivity contribution >= 4 is 44.1 Å². The van der Waals surface area contributed by atoms with Crippen LogP contribution in [-0.2, 0) is 9.59 Å². The number of ether oxygens (including phenoxy) is 2. The van der Waals surface area contributed by atoms with E-state index < -0.39 is 17.7 Å². The number of aliphatic hydroxyl groups is 1. The van der Waals surface area contributed by atoms with E-state index in [0.717, 1.165) is 35.0 Å². The molecule has 1 aromatic heterocycles. The summed E-state index contributed by atoms with van der Waals surface area (Å²) in [6.07, 6.45) is 3.17. The van der Waals surface area contributed by atoms with Crippen molar-refractivity contribution in [2.45, 2.75) is 39.2 Å². The van der Waals surface area contributed by atoms with Crippen LogP contribution in [0.25, 0.3) is 16.0 Å². The van der Waals surface area contributed by atoms with Crippen LogP contribution in [0.4, 0.5) is 5.13 Å². The van der Waals surface area contributed by atoms with E-state index in [9.17, 15) is 14.7 Å². The highest BCUT2D eigenvalue weighted by Crippen LogP contribution is 2.45. The number of ketones is 1. The van der Waals surface area contributed by atoms with Gasteiger partial charge in [0, 0.05) is 5.56 Å². The minimum absolute atomic E-state index is 0.000281. The Balaban J connectivity index is 1.59. The van der Waals surface area contributed by atoms with Crippen LogP contribution in [0.2, 0.25) is 0 Å². The minimum atomic E-state index is -0.883. The number of carbonyl (C=O) groups excluding carboxylic acids is 2. The highest BCUT2D eigenvalue weighted by molar-refractivity contribution is 7.22. The number of Topliss-reactive ketones (excluding diaryl/α,β-unsaturated/α-hetero) is 1. The van der Waals surface area contributed by atoms with Gasteiger partial charge in [-0.1, -0.05) is 49.3 Å². The number of unbranched alkanes of at least 4 members (excludes halogenated alkanes) is 2. The average molecular weight is 543 g/mol. The van der Waals surface area contributed by atoms with Crippen molar-refractivity contribution in [2.75, 3.05) is 18.6 Å². The molecule has 1 aliphatic rings. The molecule has 0 saturated carbocycles. The Morgan fingerprint density at radius 2 is 1.82 bits per heavy atom. The van der Waals surface area contributed by atoms with E-state index in [1.807, 2.05) is 31.2 Å². The number of aromatic nitrogens is 1. The van der Waals surface area contributed by atoms with Gasteiger partial charge < -0.3 is 14.6 Å². The van der Waals surface area contributed by atoms with E-state index >= 15 is 0 Å². The van der Waals surface area contributed by atoms with E-state index in [1.54, 1.807) is 49.6 Å². The van der Waals surface area contributed by atoms with E-state index in [-0.39, 0.29) is 11.3 Å². The van der Waals surface area contributed by atoms with Gasteiger partial charge in [0.1, 0.15) is 17.3 Å². The molecular formula is C31H30N2O5S. The van der Waals surface area contributed by atoms with Crippen molar-refractivity contribution in [2.24, 2.45) is 0 Å². The Morgan fingerprint density at radius 1 is 1.03 bits per heavy atom. The number of methoxy groups -OCH3 is 1. The molecule has 2 heterocycles. The molecule has 1 atom stereocenters. The van der Waals surface area contributed by atoms with Crippen molar-refractivity contribution in [3.05, 3.63) is 89.0 Å². The zero-order valence-electron chi connectivity index (χ0n) is 22.1. The Hall–Kier alpha value is -4.17. The van der Waals surface area contributed by atoms with Crippen molar-refractivity contribution < 1.29 is 24.2 Å². The van der Waals surface area contributed by atoms with Crippen LogP contribution in [-0.4, -0.2) is 35.5 Å². The second kappa shape index (κ2) is 11.3. The van der Waals surface area contributed by atoms with Gasteiger partial charge in [-0.25, -0.2) is 4.98 Å². The maximum Gasteiger partial charge on any atom is 0.301 e. The highest BCUT2D eigenvalue weighted by atomic mass is 32.1. The third-order valence-corrected chi connectivity index (χ3v) is 7.75. The summed E-state index contributed by atoms with van der Waals surface area (Å²) in [5.74, 6) is -0.510. The fourth-order valence-corrected chi connectivity index (χ4v) is 5.78. The molecule has 1 aliphatic heterocycles. The summed E-state index contributed by atoms with van der Waals surface area (Å²) in [5, 5.41) is 11.8. The topological polar surface area (TPSA) is 89.0 Å². The summed E-state index contributed by atoms with van der Waals surface area (Å²) in [4.78, 5) is 33.1. The first-order valence-corrected chi connectivity index (χ1v) is 13.8. The lowest BCUT2D eigenvalue weighted by atomic mass is 9.95. The van der Waals surface area contributed by atoms with Gasteiger partial charge in [-0.2, -0.15) is 0 Å². The molecule has 0 spiro atoms. The number of benzene rings is 3. The van der Waals surface area contributed by atoms with Crippen molar-refractivity contribution in [1.82, 2.24) is 4.98 Å². The van der Waals surface area contributed by atoms with E-state index in [2.05, 4.69) is 11.9 Å². The van der Waals surface area contributed by atoms with Gasteiger partial charge in [-0.15, -0.1) is 0 Å². The molecule has 1 fully saturated rings. The summed E-state index contributed by atoms with van der Waals surface area (Å²) in [5.41, 5.74) is 2.85. The van der Waals surface area contributed by atoms with Crippen LogP contribution in [0.3, 0.4) is 0 Å². The molecule has 1 N–H and O–H groups in total. The smallest absolute Gasteiger partial charge is 0.301 e. The number of anilines is 1. The van der Waals surface area contributed by atoms with Gasteiger partial charge >= 0.3 is 5.91 Å². The van der Waals surface area contributed by atoms with Crippen molar-refractivity contribution in [1.29, 1.82) is 0 Å². The van der Waals surface area contributed by atoms with Crippen molar-refractivity contribution in [3.63, 3.8) is 0 Å². The zero-order chi connectivity index (χ0) is 27.5. The first-order valence-electron chi connectivity index (χ1n) is 13.0. The third-order valence-electron chi connectivity index (χ3n) is 6.74. The lowest BCUT2D eigenvalue weighted by Crippen LogP contribution is -2.29. The van der Waals surface area contributed by atoms with Gasteiger partial charge in [-0.3, -0.25) is 14.5 Å². The number of hydrogen-bond acceptors (Lipinski definition) is 7. The standard InChI is InChI=1S/C31H30N2O5S/c1-4-5-6-16-38-22-13-11-20(12-14-22)28(34)26-27(21-8-7-9-23(18-21)37-3)33(30(36)29(26)35)31-32-24-15-10-19(2)17-25(24)39-31/h7-15,17-18,27,34H,4-6,16H2,1-3H3/b28-26+. The van der Waals surface area contributed by atoms with E-state index in [0.29, 0.717) is 34.4 Å². The molecular weight excluding hydrogens is 512 g/mol. The van der Waals surface area contributed by atoms with Gasteiger partial charge in [0.2, 0.25) is 0 Å². The number of rotatable bonds is 9. The van der Waals surface area contributed by atoms with Crippen LogP contribution in [0.1, 0.15) is 48.9 Å². The molecule has 8 heteroatoms. The molecule has 0 aliphatic carbocycles. The van der Waals surface area contributed by atoms with Crippen LogP contribution >= 0.6 is 11.3 Å². The van der Waals surface area contributed by atoms with Gasteiger partial charge in [0.15, 0.2) is 5.13 Å². The number of thiazole rings is 1. The number of fused-ring (bicyclic) bond motifs is 1.